The van der Waals surface area contributed by atoms with Gasteiger partial charge in [0.15, 0.2) is 0 Å². The quantitative estimate of drug-likeness (QED) is 0.661. The van der Waals surface area contributed by atoms with Crippen LogP contribution in [0.15, 0.2) is 0 Å². The molecule has 0 saturated heterocycles. The van der Waals surface area contributed by atoms with Crippen LogP contribution in [0, 0.1) is 5.92 Å². The summed E-state index contributed by atoms with van der Waals surface area (Å²) in [6.45, 7) is 13.6. The minimum Gasteiger partial charge on any atom is -0.304 e. The monoisotopic (exact) mass is 207 g/mol. The minimum absolute atomic E-state index is 0.0216. The molecule has 0 amide bonds. The van der Waals surface area contributed by atoms with Gasteiger partial charge in [0.05, 0.1) is 0 Å². The van der Waals surface area contributed by atoms with E-state index in [0.717, 1.165) is 0 Å². The van der Waals surface area contributed by atoms with E-state index in [-0.39, 0.29) is 11.2 Å². The zero-order chi connectivity index (χ0) is 10.9. The summed E-state index contributed by atoms with van der Waals surface area (Å²) >= 11 is 4.97. The van der Waals surface area contributed by atoms with Gasteiger partial charge in [-0.2, -0.15) is 0 Å². The highest BCUT2D eigenvalue weighted by Gasteiger charge is 1.98. The molecule has 0 bridgehead atoms. The van der Waals surface area contributed by atoms with Crippen LogP contribution < -0.4 is 0 Å². The fourth-order valence-corrected chi connectivity index (χ4v) is 0.671. The maximum Gasteiger partial charge on any atom is 0.224 e. The molecule has 0 aromatic carbocycles. The zero-order valence-corrected chi connectivity index (χ0v) is 10.2. The molecule has 2 nitrogen and oxygen atoms in total. The number of nitrogens with zero attached hydrogens (tertiary/aromatic N) is 1. The van der Waals surface area contributed by atoms with Crippen molar-refractivity contribution in [3.8, 4) is 0 Å². The molecule has 3 heteroatoms. The molecule has 0 aromatic heterocycles. The number of halogens is 1. The van der Waals surface area contributed by atoms with Crippen molar-refractivity contribution in [2.45, 2.75) is 34.6 Å². The predicted molar refractivity (Wildman–Crippen MR) is 59.2 cm³/mol. The average molecular weight is 208 g/mol. The first-order valence-corrected chi connectivity index (χ1v) is 5.28. The Morgan fingerprint density at radius 2 is 1.38 bits per heavy atom. The smallest absolute Gasteiger partial charge is 0.224 e. The third-order valence-corrected chi connectivity index (χ3v) is 2.23. The van der Waals surface area contributed by atoms with Gasteiger partial charge < -0.3 is 4.90 Å². The maximum absolute atomic E-state index is 9.91. The van der Waals surface area contributed by atoms with Crippen molar-refractivity contribution in [3.63, 3.8) is 0 Å². The van der Waals surface area contributed by atoms with E-state index in [1.54, 1.807) is 13.8 Å². The van der Waals surface area contributed by atoms with Gasteiger partial charge >= 0.3 is 0 Å². The molecule has 0 fully saturated rings. The second-order valence-corrected chi connectivity index (χ2v) is 3.45. The van der Waals surface area contributed by atoms with Crippen molar-refractivity contribution in [2.24, 2.45) is 5.92 Å². The normalized spacial score (nSPS) is 9.85. The number of hydrogen-bond donors (Lipinski definition) is 0. The molecule has 80 valence electrons. The molecule has 0 heterocycles. The minimum atomic E-state index is -0.269. The van der Waals surface area contributed by atoms with Crippen LogP contribution in [0.2, 0.25) is 0 Å². The second-order valence-electron chi connectivity index (χ2n) is 3.08. The van der Waals surface area contributed by atoms with E-state index in [2.05, 4.69) is 25.7 Å². The van der Waals surface area contributed by atoms with Gasteiger partial charge in [0.2, 0.25) is 5.24 Å². The van der Waals surface area contributed by atoms with Gasteiger partial charge in [0.1, 0.15) is 0 Å². The molecule has 0 saturated carbocycles. The number of hydrogen-bond acceptors (Lipinski definition) is 2. The Morgan fingerprint density at radius 1 is 1.15 bits per heavy atom. The molecule has 0 spiro atoms. The topological polar surface area (TPSA) is 20.3 Å². The molecule has 0 unspecified atom stereocenters. The number of carbonyl (C=O) groups is 1. The highest BCUT2D eigenvalue weighted by atomic mass is 35.5. The van der Waals surface area contributed by atoms with E-state index in [9.17, 15) is 4.79 Å². The van der Waals surface area contributed by atoms with Crippen molar-refractivity contribution in [3.05, 3.63) is 0 Å². The highest BCUT2D eigenvalue weighted by Crippen LogP contribution is 1.95. The summed E-state index contributed by atoms with van der Waals surface area (Å²) in [4.78, 5) is 12.3. The second kappa shape index (κ2) is 10.0. The van der Waals surface area contributed by atoms with Crippen LogP contribution in [-0.2, 0) is 4.79 Å². The lowest BCUT2D eigenvalue weighted by molar-refractivity contribution is -0.114. The molecular weight excluding hydrogens is 186 g/mol. The molecule has 0 aliphatic carbocycles. The molecule has 0 radical (unpaired) electrons. The molecule has 0 rings (SSSR count). The number of carbonyl (C=O) groups excluding carboxylic acids is 1. The SMILES string of the molecule is CC(C)C(=O)Cl.CCN(CC)CC. The summed E-state index contributed by atoms with van der Waals surface area (Å²) < 4.78 is 0. The van der Waals surface area contributed by atoms with Crippen molar-refractivity contribution < 1.29 is 4.79 Å². The van der Waals surface area contributed by atoms with Crippen molar-refractivity contribution >= 4 is 16.8 Å². The Hall–Kier alpha value is -0.0800. The Bertz CT molecular complexity index is 117. The van der Waals surface area contributed by atoms with E-state index >= 15 is 0 Å². The van der Waals surface area contributed by atoms with Gasteiger partial charge in [-0.3, -0.25) is 4.79 Å². The molecule has 0 N–H and O–H groups in total. The van der Waals surface area contributed by atoms with Gasteiger partial charge in [-0.25, -0.2) is 0 Å². The van der Waals surface area contributed by atoms with Gasteiger partial charge in [0.25, 0.3) is 0 Å². The van der Waals surface area contributed by atoms with Crippen LogP contribution >= 0.6 is 11.6 Å². The molecule has 0 aliphatic rings. The Balaban J connectivity index is 0. The van der Waals surface area contributed by atoms with Gasteiger partial charge in [-0.1, -0.05) is 34.6 Å². The van der Waals surface area contributed by atoms with E-state index in [1.165, 1.54) is 19.6 Å². The Labute approximate surface area is 87.3 Å². The summed E-state index contributed by atoms with van der Waals surface area (Å²) in [5, 5.41) is -0.269. The Morgan fingerprint density at radius 3 is 1.38 bits per heavy atom. The number of rotatable bonds is 4. The first kappa shape index (κ1) is 15.4. The average Bonchev–Trinajstić information content (AvgIpc) is 2.08. The summed E-state index contributed by atoms with van der Waals surface area (Å²) in [6, 6.07) is 0. The molecular formula is C10H22ClNO. The van der Waals surface area contributed by atoms with Crippen LogP contribution in [0.3, 0.4) is 0 Å². The lowest BCUT2D eigenvalue weighted by Crippen LogP contribution is -2.21. The fraction of sp³-hybridized carbons (Fsp3) is 0.900. The largest absolute Gasteiger partial charge is 0.304 e. The van der Waals surface area contributed by atoms with Crippen LogP contribution in [0.25, 0.3) is 0 Å². The standard InChI is InChI=1S/C6H15N.C4H7ClO/c1-4-7(5-2)6-3;1-3(2)4(5)6/h4-6H2,1-3H3;3H,1-2H3. The first-order chi connectivity index (χ1) is 5.99. The summed E-state index contributed by atoms with van der Waals surface area (Å²) in [5.74, 6) is -0.0216. The maximum atomic E-state index is 9.91. The third kappa shape index (κ3) is 11.9. The van der Waals surface area contributed by atoms with Crippen LogP contribution in [0.5, 0.6) is 0 Å². The van der Waals surface area contributed by atoms with Gasteiger partial charge in [-0.05, 0) is 31.2 Å². The Kier molecular flexibility index (Phi) is 11.8. The molecule has 13 heavy (non-hydrogen) atoms. The third-order valence-electron chi connectivity index (χ3n) is 1.80. The van der Waals surface area contributed by atoms with E-state index in [4.69, 9.17) is 11.6 Å². The summed E-state index contributed by atoms with van der Waals surface area (Å²) in [7, 11) is 0. The van der Waals surface area contributed by atoms with Gasteiger partial charge in [0, 0.05) is 5.92 Å². The molecule has 0 atom stereocenters. The highest BCUT2D eigenvalue weighted by molar-refractivity contribution is 6.63. The lowest BCUT2D eigenvalue weighted by atomic mass is 10.3. The predicted octanol–water partition coefficient (Wildman–Crippen LogP) is 2.76. The lowest BCUT2D eigenvalue weighted by Gasteiger charge is -2.13. The molecule has 0 aliphatic heterocycles. The van der Waals surface area contributed by atoms with Crippen molar-refractivity contribution in [1.29, 1.82) is 0 Å². The van der Waals surface area contributed by atoms with Crippen LogP contribution in [0.4, 0.5) is 0 Å². The summed E-state index contributed by atoms with van der Waals surface area (Å²) in [5.41, 5.74) is 0. The van der Waals surface area contributed by atoms with Crippen molar-refractivity contribution in [1.82, 2.24) is 4.90 Å². The summed E-state index contributed by atoms with van der Waals surface area (Å²) in [6.07, 6.45) is 0. The van der Waals surface area contributed by atoms with Crippen LogP contribution in [-0.4, -0.2) is 29.8 Å². The first-order valence-electron chi connectivity index (χ1n) is 4.91. The zero-order valence-electron chi connectivity index (χ0n) is 9.43. The fourth-order valence-electron chi connectivity index (χ4n) is 0.671. The van der Waals surface area contributed by atoms with Gasteiger partial charge in [-0.15, -0.1) is 0 Å². The van der Waals surface area contributed by atoms with E-state index in [0.29, 0.717) is 0 Å². The van der Waals surface area contributed by atoms with Crippen LogP contribution in [0.1, 0.15) is 34.6 Å². The van der Waals surface area contributed by atoms with E-state index in [1.807, 2.05) is 0 Å². The van der Waals surface area contributed by atoms with E-state index < -0.39 is 0 Å². The molecule has 0 aromatic rings. The van der Waals surface area contributed by atoms with Crippen molar-refractivity contribution in [2.75, 3.05) is 19.6 Å².